The number of hydrogen-bond acceptors (Lipinski definition) is 4. The summed E-state index contributed by atoms with van der Waals surface area (Å²) in [6.45, 7) is 6.11. The van der Waals surface area contributed by atoms with Crippen molar-refractivity contribution in [2.45, 2.75) is 41.7 Å². The third kappa shape index (κ3) is 5.57. The maximum Gasteiger partial charge on any atom is 0.242 e. The summed E-state index contributed by atoms with van der Waals surface area (Å²) in [6.07, 6.45) is 0. The summed E-state index contributed by atoms with van der Waals surface area (Å²) < 4.78 is 25.6. The van der Waals surface area contributed by atoms with Gasteiger partial charge in [0, 0.05) is 24.7 Å². The van der Waals surface area contributed by atoms with Crippen LogP contribution in [0.3, 0.4) is 0 Å². The minimum absolute atomic E-state index is 0.148. The number of benzene rings is 2. The first-order valence-corrected chi connectivity index (χ1v) is 11.0. The summed E-state index contributed by atoms with van der Waals surface area (Å²) in [7, 11) is -0.586. The fraction of sp³-hybridized carbons (Fsp3) is 0.350. The van der Waals surface area contributed by atoms with Gasteiger partial charge in [0.15, 0.2) is 0 Å². The number of anilines is 1. The first-order valence-electron chi connectivity index (χ1n) is 8.71. The van der Waals surface area contributed by atoms with E-state index in [4.69, 9.17) is 0 Å². The third-order valence-corrected chi connectivity index (χ3v) is 7.03. The van der Waals surface area contributed by atoms with Crippen LogP contribution in [-0.2, 0) is 14.8 Å². The SMILES string of the molecule is CC(Sc1ccc(C(C)C)cc1)C(=O)Nc1cccc(S(=O)(=O)N(C)C)c1. The van der Waals surface area contributed by atoms with E-state index in [0.717, 1.165) is 9.20 Å². The lowest BCUT2D eigenvalue weighted by molar-refractivity contribution is -0.115. The molecule has 27 heavy (non-hydrogen) atoms. The lowest BCUT2D eigenvalue weighted by Gasteiger charge is -2.15. The molecule has 1 atom stereocenters. The van der Waals surface area contributed by atoms with Crippen LogP contribution in [0.1, 0.15) is 32.3 Å². The molecular weight excluding hydrogens is 380 g/mol. The van der Waals surface area contributed by atoms with E-state index >= 15 is 0 Å². The van der Waals surface area contributed by atoms with Crippen molar-refractivity contribution in [2.75, 3.05) is 19.4 Å². The number of nitrogens with one attached hydrogen (secondary N) is 1. The average molecular weight is 407 g/mol. The molecule has 0 aliphatic carbocycles. The summed E-state index contributed by atoms with van der Waals surface area (Å²) in [5.41, 5.74) is 1.72. The normalized spacial score (nSPS) is 13.0. The molecule has 0 aliphatic heterocycles. The monoisotopic (exact) mass is 406 g/mol. The molecule has 2 aromatic carbocycles. The van der Waals surface area contributed by atoms with Crippen molar-refractivity contribution in [2.24, 2.45) is 0 Å². The van der Waals surface area contributed by atoms with Gasteiger partial charge in [-0.05, 0) is 48.7 Å². The molecule has 0 radical (unpaired) electrons. The van der Waals surface area contributed by atoms with Crippen LogP contribution in [-0.4, -0.2) is 38.0 Å². The number of sulfonamides is 1. The fourth-order valence-electron chi connectivity index (χ4n) is 2.38. The molecule has 0 bridgehead atoms. The second-order valence-electron chi connectivity index (χ2n) is 6.79. The highest BCUT2D eigenvalue weighted by atomic mass is 32.2. The number of amides is 1. The van der Waals surface area contributed by atoms with Crippen LogP contribution in [0, 0.1) is 0 Å². The van der Waals surface area contributed by atoms with Crippen molar-refractivity contribution in [3.05, 3.63) is 54.1 Å². The van der Waals surface area contributed by atoms with Crippen molar-refractivity contribution < 1.29 is 13.2 Å². The Hall–Kier alpha value is -1.83. The van der Waals surface area contributed by atoms with Crippen LogP contribution in [0.2, 0.25) is 0 Å². The number of rotatable bonds is 7. The number of hydrogen-bond donors (Lipinski definition) is 1. The Morgan fingerprint density at radius 3 is 2.22 bits per heavy atom. The molecule has 1 N–H and O–H groups in total. The van der Waals surface area contributed by atoms with E-state index in [1.54, 1.807) is 12.1 Å². The second-order valence-corrected chi connectivity index (χ2v) is 10.4. The van der Waals surface area contributed by atoms with Crippen molar-refractivity contribution in [3.63, 3.8) is 0 Å². The van der Waals surface area contributed by atoms with E-state index in [0.29, 0.717) is 11.6 Å². The van der Waals surface area contributed by atoms with Gasteiger partial charge in [0.25, 0.3) is 0 Å². The molecule has 2 rings (SSSR count). The molecule has 146 valence electrons. The molecular formula is C20H26N2O3S2. The maximum absolute atomic E-state index is 12.5. The van der Waals surface area contributed by atoms with Gasteiger partial charge in [-0.3, -0.25) is 4.79 Å². The van der Waals surface area contributed by atoms with E-state index in [2.05, 4.69) is 31.3 Å². The summed E-state index contributed by atoms with van der Waals surface area (Å²) in [5, 5.41) is 2.48. The fourth-order valence-corrected chi connectivity index (χ4v) is 4.19. The van der Waals surface area contributed by atoms with Gasteiger partial charge in [0.1, 0.15) is 0 Å². The van der Waals surface area contributed by atoms with E-state index in [-0.39, 0.29) is 16.1 Å². The lowest BCUT2D eigenvalue weighted by atomic mass is 10.0. The van der Waals surface area contributed by atoms with E-state index in [1.165, 1.54) is 43.6 Å². The molecule has 0 saturated heterocycles. The van der Waals surface area contributed by atoms with Crippen LogP contribution in [0.5, 0.6) is 0 Å². The number of nitrogens with zero attached hydrogens (tertiary/aromatic N) is 1. The highest BCUT2D eigenvalue weighted by molar-refractivity contribution is 8.00. The predicted molar refractivity (Wildman–Crippen MR) is 112 cm³/mol. The van der Waals surface area contributed by atoms with E-state index < -0.39 is 10.0 Å². The first kappa shape index (κ1) is 21.5. The van der Waals surface area contributed by atoms with Crippen LogP contribution < -0.4 is 5.32 Å². The molecule has 0 fully saturated rings. The highest BCUT2D eigenvalue weighted by Crippen LogP contribution is 2.26. The minimum Gasteiger partial charge on any atom is -0.325 e. The maximum atomic E-state index is 12.5. The van der Waals surface area contributed by atoms with Crippen molar-refractivity contribution >= 4 is 33.4 Å². The van der Waals surface area contributed by atoms with Gasteiger partial charge in [0.2, 0.25) is 15.9 Å². The van der Waals surface area contributed by atoms with Crippen LogP contribution in [0.25, 0.3) is 0 Å². The van der Waals surface area contributed by atoms with Gasteiger partial charge < -0.3 is 5.32 Å². The second kappa shape index (κ2) is 8.91. The summed E-state index contributed by atoms with van der Waals surface area (Å²) in [6, 6.07) is 14.5. The van der Waals surface area contributed by atoms with Crippen molar-refractivity contribution in [1.82, 2.24) is 4.31 Å². The van der Waals surface area contributed by atoms with Crippen molar-refractivity contribution in [1.29, 1.82) is 0 Å². The molecule has 1 unspecified atom stereocenters. The average Bonchev–Trinajstić information content (AvgIpc) is 2.62. The lowest BCUT2D eigenvalue weighted by Crippen LogP contribution is -2.24. The smallest absolute Gasteiger partial charge is 0.242 e. The van der Waals surface area contributed by atoms with E-state index in [9.17, 15) is 13.2 Å². The Bertz CT molecular complexity index is 892. The van der Waals surface area contributed by atoms with Crippen LogP contribution in [0.15, 0.2) is 58.3 Å². The molecule has 0 spiro atoms. The first-order chi connectivity index (χ1) is 12.6. The molecule has 1 amide bonds. The summed E-state index contributed by atoms with van der Waals surface area (Å²) in [5.74, 6) is 0.294. The topological polar surface area (TPSA) is 66.5 Å². The Balaban J connectivity index is 2.06. The number of carbonyl (C=O) groups is 1. The van der Waals surface area contributed by atoms with Crippen LogP contribution in [0.4, 0.5) is 5.69 Å². The zero-order valence-corrected chi connectivity index (χ0v) is 17.9. The third-order valence-electron chi connectivity index (χ3n) is 4.11. The largest absolute Gasteiger partial charge is 0.325 e. The van der Waals surface area contributed by atoms with Crippen LogP contribution >= 0.6 is 11.8 Å². The quantitative estimate of drug-likeness (QED) is 0.701. The minimum atomic E-state index is -3.54. The predicted octanol–water partition coefficient (Wildman–Crippen LogP) is 4.18. The molecule has 0 saturated carbocycles. The molecule has 5 nitrogen and oxygen atoms in total. The molecule has 0 aliphatic rings. The standard InChI is InChI=1S/C20H26N2O3S2/c1-14(2)16-9-11-18(12-10-16)26-15(3)20(23)21-17-7-6-8-19(13-17)27(24,25)22(4)5/h6-15H,1-5H3,(H,21,23). The number of thioether (sulfide) groups is 1. The van der Waals surface area contributed by atoms with Gasteiger partial charge >= 0.3 is 0 Å². The number of carbonyl (C=O) groups excluding carboxylic acids is 1. The van der Waals surface area contributed by atoms with Gasteiger partial charge in [-0.25, -0.2) is 12.7 Å². The molecule has 0 heterocycles. The zero-order chi connectivity index (χ0) is 20.2. The van der Waals surface area contributed by atoms with Gasteiger partial charge in [-0.15, -0.1) is 11.8 Å². The van der Waals surface area contributed by atoms with E-state index in [1.807, 2.05) is 19.1 Å². The molecule has 0 aromatic heterocycles. The van der Waals surface area contributed by atoms with Gasteiger partial charge in [-0.1, -0.05) is 32.0 Å². The summed E-state index contributed by atoms with van der Waals surface area (Å²) >= 11 is 1.47. The highest BCUT2D eigenvalue weighted by Gasteiger charge is 2.19. The Morgan fingerprint density at radius 2 is 1.67 bits per heavy atom. The summed E-state index contributed by atoms with van der Waals surface area (Å²) in [4.78, 5) is 13.7. The van der Waals surface area contributed by atoms with Crippen molar-refractivity contribution in [3.8, 4) is 0 Å². The Kier molecular flexibility index (Phi) is 7.08. The zero-order valence-electron chi connectivity index (χ0n) is 16.3. The Labute approximate surface area is 166 Å². The van der Waals surface area contributed by atoms with Gasteiger partial charge in [-0.2, -0.15) is 0 Å². The Morgan fingerprint density at radius 1 is 1.04 bits per heavy atom. The molecule has 2 aromatic rings. The molecule has 7 heteroatoms. The van der Waals surface area contributed by atoms with Gasteiger partial charge in [0.05, 0.1) is 10.1 Å².